The Kier molecular flexibility index (Phi) is 6.49. The van der Waals surface area contributed by atoms with E-state index in [4.69, 9.17) is 10.2 Å². The van der Waals surface area contributed by atoms with Crippen LogP contribution in [0.5, 0.6) is 0 Å². The highest BCUT2D eigenvalue weighted by molar-refractivity contribution is 8.02. The number of carbonyl (C=O) groups is 2. The first-order chi connectivity index (χ1) is 13.0. The molecule has 9 heteroatoms. The number of rotatable bonds is 8. The van der Waals surface area contributed by atoms with Gasteiger partial charge in [-0.3, -0.25) is 0 Å². The molecule has 0 spiro atoms. The fraction of sp³-hybridized carbons (Fsp3) is 0.111. The molecule has 3 aromatic rings. The lowest BCUT2D eigenvalue weighted by Crippen LogP contribution is -1.95. The van der Waals surface area contributed by atoms with E-state index in [1.807, 2.05) is 0 Å². The van der Waals surface area contributed by atoms with Crippen molar-refractivity contribution < 1.29 is 19.8 Å². The summed E-state index contributed by atoms with van der Waals surface area (Å²) in [5.74, 6) is -0.485. The standard InChI is InChI=1S/C18H14N2O4S3/c21-15(22)13-5-1-11(2-6-13)9-25-17-19-20-18(27-17)26-10-12-3-7-14(8-4-12)16(23)24/h1-8H,9-10H2,(H,21,22)(H,23,24). The molecule has 0 saturated heterocycles. The van der Waals surface area contributed by atoms with Crippen LogP contribution in [0.1, 0.15) is 31.8 Å². The molecule has 0 aliphatic rings. The Morgan fingerprint density at radius 3 is 1.44 bits per heavy atom. The van der Waals surface area contributed by atoms with Crippen molar-refractivity contribution in [3.8, 4) is 0 Å². The molecule has 0 atom stereocenters. The minimum absolute atomic E-state index is 0.273. The number of nitrogens with zero attached hydrogens (tertiary/aromatic N) is 2. The molecule has 2 N–H and O–H groups in total. The Morgan fingerprint density at radius 1 is 0.741 bits per heavy atom. The Balaban J connectivity index is 1.50. The second-order valence-corrected chi connectivity index (χ2v) is 8.84. The molecule has 2 aromatic carbocycles. The number of thioether (sulfide) groups is 2. The topological polar surface area (TPSA) is 100 Å². The van der Waals surface area contributed by atoms with Gasteiger partial charge in [-0.1, -0.05) is 59.1 Å². The van der Waals surface area contributed by atoms with E-state index < -0.39 is 11.9 Å². The van der Waals surface area contributed by atoms with Gasteiger partial charge >= 0.3 is 11.9 Å². The molecule has 27 heavy (non-hydrogen) atoms. The third-order valence-electron chi connectivity index (χ3n) is 3.51. The zero-order valence-electron chi connectivity index (χ0n) is 13.9. The van der Waals surface area contributed by atoms with Gasteiger partial charge in [0.1, 0.15) is 0 Å². The SMILES string of the molecule is O=C(O)c1ccc(CSc2nnc(SCc3ccc(C(=O)O)cc3)s2)cc1. The number of hydrogen-bond acceptors (Lipinski definition) is 7. The summed E-state index contributed by atoms with van der Waals surface area (Å²) >= 11 is 4.61. The zero-order chi connectivity index (χ0) is 19.2. The van der Waals surface area contributed by atoms with Crippen LogP contribution in [0.2, 0.25) is 0 Å². The summed E-state index contributed by atoms with van der Waals surface area (Å²) in [6.45, 7) is 0. The summed E-state index contributed by atoms with van der Waals surface area (Å²) in [5, 5.41) is 26.1. The van der Waals surface area contributed by atoms with Gasteiger partial charge in [0.05, 0.1) is 11.1 Å². The maximum absolute atomic E-state index is 10.9. The average Bonchev–Trinajstić information content (AvgIpc) is 3.13. The molecule has 1 heterocycles. The summed E-state index contributed by atoms with van der Waals surface area (Å²) < 4.78 is 1.70. The van der Waals surface area contributed by atoms with Crippen molar-refractivity contribution in [2.24, 2.45) is 0 Å². The first kappa shape index (κ1) is 19.4. The van der Waals surface area contributed by atoms with Crippen LogP contribution in [0, 0.1) is 0 Å². The normalized spacial score (nSPS) is 10.7. The van der Waals surface area contributed by atoms with Crippen molar-refractivity contribution in [3.63, 3.8) is 0 Å². The second-order valence-electron chi connectivity index (χ2n) is 5.42. The van der Waals surface area contributed by atoms with E-state index in [-0.39, 0.29) is 11.1 Å². The molecule has 0 aliphatic carbocycles. The highest BCUT2D eigenvalue weighted by Crippen LogP contribution is 2.32. The van der Waals surface area contributed by atoms with E-state index >= 15 is 0 Å². The van der Waals surface area contributed by atoms with Crippen LogP contribution < -0.4 is 0 Å². The minimum Gasteiger partial charge on any atom is -0.478 e. The second kappa shape index (κ2) is 9.03. The number of carboxylic acids is 2. The van der Waals surface area contributed by atoms with Crippen LogP contribution in [-0.2, 0) is 11.5 Å². The lowest BCUT2D eigenvalue weighted by Gasteiger charge is -2.00. The molecule has 0 amide bonds. The first-order valence-corrected chi connectivity index (χ1v) is 10.5. The fourth-order valence-electron chi connectivity index (χ4n) is 2.09. The van der Waals surface area contributed by atoms with Crippen LogP contribution in [0.15, 0.2) is 57.2 Å². The van der Waals surface area contributed by atoms with Gasteiger partial charge in [-0.25, -0.2) is 9.59 Å². The smallest absolute Gasteiger partial charge is 0.335 e. The third-order valence-corrected chi connectivity index (χ3v) is 6.85. The van der Waals surface area contributed by atoms with Crippen LogP contribution in [0.3, 0.4) is 0 Å². The highest BCUT2D eigenvalue weighted by Gasteiger charge is 2.08. The van der Waals surface area contributed by atoms with Crippen LogP contribution >= 0.6 is 34.9 Å². The van der Waals surface area contributed by atoms with Gasteiger partial charge < -0.3 is 10.2 Å². The first-order valence-electron chi connectivity index (χ1n) is 7.75. The fourth-order valence-corrected chi connectivity index (χ4v) is 5.02. The predicted octanol–water partition coefficient (Wildman–Crippen LogP) is 4.52. The summed E-state index contributed by atoms with van der Waals surface area (Å²) in [6.07, 6.45) is 0. The van der Waals surface area contributed by atoms with Crippen molar-refractivity contribution in [1.82, 2.24) is 10.2 Å². The van der Waals surface area contributed by atoms with E-state index in [1.165, 1.54) is 11.3 Å². The summed E-state index contributed by atoms with van der Waals surface area (Å²) in [7, 11) is 0. The maximum Gasteiger partial charge on any atom is 0.335 e. The quantitative estimate of drug-likeness (QED) is 0.515. The van der Waals surface area contributed by atoms with Gasteiger partial charge in [-0.2, -0.15) is 0 Å². The Hall–Kier alpha value is -2.36. The summed E-state index contributed by atoms with van der Waals surface area (Å²) in [6, 6.07) is 13.6. The molecule has 0 radical (unpaired) electrons. The molecule has 138 valence electrons. The average molecular weight is 419 g/mol. The van der Waals surface area contributed by atoms with Gasteiger partial charge in [0.15, 0.2) is 8.68 Å². The van der Waals surface area contributed by atoms with E-state index in [2.05, 4.69) is 10.2 Å². The maximum atomic E-state index is 10.9. The van der Waals surface area contributed by atoms with Crippen molar-refractivity contribution >= 4 is 46.8 Å². The molecular weight excluding hydrogens is 404 g/mol. The molecule has 0 fully saturated rings. The van der Waals surface area contributed by atoms with Crippen molar-refractivity contribution in [3.05, 3.63) is 70.8 Å². The number of carboxylic acid groups (broad SMARTS) is 2. The molecule has 6 nitrogen and oxygen atoms in total. The monoisotopic (exact) mass is 418 g/mol. The van der Waals surface area contributed by atoms with Crippen molar-refractivity contribution in [2.75, 3.05) is 0 Å². The largest absolute Gasteiger partial charge is 0.478 e. The number of aromatic carboxylic acids is 2. The van der Waals surface area contributed by atoms with Gasteiger partial charge in [0.25, 0.3) is 0 Å². The lowest BCUT2D eigenvalue weighted by molar-refractivity contribution is 0.0686. The third kappa shape index (κ3) is 5.56. The van der Waals surface area contributed by atoms with E-state index in [0.717, 1.165) is 19.8 Å². The van der Waals surface area contributed by atoms with Crippen LogP contribution in [0.25, 0.3) is 0 Å². The minimum atomic E-state index is -0.933. The summed E-state index contributed by atoms with van der Waals surface area (Å²) in [5.41, 5.74) is 2.59. The number of benzene rings is 2. The lowest BCUT2D eigenvalue weighted by atomic mass is 10.1. The number of hydrogen-bond donors (Lipinski definition) is 2. The van der Waals surface area contributed by atoms with E-state index in [9.17, 15) is 9.59 Å². The molecular formula is C18H14N2O4S3. The van der Waals surface area contributed by atoms with Gasteiger partial charge in [-0.05, 0) is 35.4 Å². The van der Waals surface area contributed by atoms with Crippen LogP contribution in [0.4, 0.5) is 0 Å². The van der Waals surface area contributed by atoms with Gasteiger partial charge in [0.2, 0.25) is 0 Å². The highest BCUT2D eigenvalue weighted by atomic mass is 32.2. The molecule has 0 unspecified atom stereocenters. The summed E-state index contributed by atoms with van der Waals surface area (Å²) in [4.78, 5) is 21.7. The van der Waals surface area contributed by atoms with Gasteiger partial charge in [-0.15, -0.1) is 10.2 Å². The van der Waals surface area contributed by atoms with Crippen molar-refractivity contribution in [2.45, 2.75) is 20.2 Å². The zero-order valence-corrected chi connectivity index (χ0v) is 16.3. The molecule has 1 aromatic heterocycles. The molecule has 0 saturated carbocycles. The van der Waals surface area contributed by atoms with E-state index in [0.29, 0.717) is 11.5 Å². The Bertz CT molecular complexity index is 864. The van der Waals surface area contributed by atoms with Crippen molar-refractivity contribution in [1.29, 1.82) is 0 Å². The predicted molar refractivity (Wildman–Crippen MR) is 106 cm³/mol. The molecule has 0 bridgehead atoms. The Labute approximate surface area is 167 Å². The Morgan fingerprint density at radius 2 is 1.11 bits per heavy atom. The number of aromatic nitrogens is 2. The molecule has 0 aliphatic heterocycles. The van der Waals surface area contributed by atoms with Crippen LogP contribution in [-0.4, -0.2) is 32.3 Å². The van der Waals surface area contributed by atoms with Gasteiger partial charge in [0, 0.05) is 11.5 Å². The molecule has 3 rings (SSSR count). The van der Waals surface area contributed by atoms with E-state index in [1.54, 1.807) is 72.1 Å².